The van der Waals surface area contributed by atoms with Gasteiger partial charge in [0.05, 0.1) is 11.3 Å². The lowest BCUT2D eigenvalue weighted by molar-refractivity contribution is 0.746. The van der Waals surface area contributed by atoms with Crippen LogP contribution in [0.3, 0.4) is 0 Å². The number of hydrogen-bond acceptors (Lipinski definition) is 4. The highest BCUT2D eigenvalue weighted by atomic mass is 15.3. The molecule has 0 atom stereocenters. The van der Waals surface area contributed by atoms with Crippen molar-refractivity contribution in [3.05, 3.63) is 23.7 Å². The molecule has 1 N–H and O–H groups in total. The van der Waals surface area contributed by atoms with Crippen molar-refractivity contribution in [2.24, 2.45) is 7.05 Å². The molecule has 5 heteroatoms. The van der Waals surface area contributed by atoms with Gasteiger partial charge < -0.3 is 5.32 Å². The lowest BCUT2D eigenvalue weighted by Gasteiger charge is -2.09. The molecule has 2 rings (SSSR count). The van der Waals surface area contributed by atoms with E-state index in [0.717, 1.165) is 60.8 Å². The van der Waals surface area contributed by atoms with E-state index in [1.165, 1.54) is 0 Å². The molecule has 0 saturated carbocycles. The van der Waals surface area contributed by atoms with Crippen LogP contribution < -0.4 is 5.32 Å². The van der Waals surface area contributed by atoms with Crippen molar-refractivity contribution in [2.45, 2.75) is 46.5 Å². The fourth-order valence-corrected chi connectivity index (χ4v) is 2.33. The number of rotatable bonds is 7. The third kappa shape index (κ3) is 3.80. The lowest BCUT2D eigenvalue weighted by atomic mass is 10.2. The Hall–Kier alpha value is -1.91. The smallest absolute Gasteiger partial charge is 0.165 e. The molecule has 0 radical (unpaired) electrons. The summed E-state index contributed by atoms with van der Waals surface area (Å²) in [5.41, 5.74) is 3.18. The average Bonchev–Trinajstić information content (AvgIpc) is 2.86. The molecular formula is C16H25N5. The van der Waals surface area contributed by atoms with Gasteiger partial charge in [0.25, 0.3) is 0 Å². The van der Waals surface area contributed by atoms with Crippen LogP contribution in [0.1, 0.15) is 45.0 Å². The van der Waals surface area contributed by atoms with Crippen molar-refractivity contribution in [3.63, 3.8) is 0 Å². The van der Waals surface area contributed by atoms with Crippen LogP contribution in [0.5, 0.6) is 0 Å². The Bertz CT molecular complexity index is 588. The molecule has 0 spiro atoms. The second-order valence-electron chi connectivity index (χ2n) is 5.26. The highest BCUT2D eigenvalue weighted by molar-refractivity contribution is 5.59. The molecule has 0 aliphatic heterocycles. The predicted octanol–water partition coefficient (Wildman–Crippen LogP) is 3.21. The van der Waals surface area contributed by atoms with E-state index in [4.69, 9.17) is 4.98 Å². The van der Waals surface area contributed by atoms with E-state index in [1.54, 1.807) is 0 Å². The fraction of sp³-hybridized carbons (Fsp3) is 0.562. The number of anilines is 1. The summed E-state index contributed by atoms with van der Waals surface area (Å²) < 4.78 is 1.84. The van der Waals surface area contributed by atoms with Crippen LogP contribution in [0, 0.1) is 0 Å². The fourth-order valence-electron chi connectivity index (χ4n) is 2.33. The normalized spacial score (nSPS) is 10.9. The van der Waals surface area contributed by atoms with Crippen molar-refractivity contribution in [3.8, 4) is 11.4 Å². The van der Waals surface area contributed by atoms with Gasteiger partial charge in [-0.3, -0.25) is 4.68 Å². The topological polar surface area (TPSA) is 55.6 Å². The summed E-state index contributed by atoms with van der Waals surface area (Å²) in [4.78, 5) is 9.39. The summed E-state index contributed by atoms with van der Waals surface area (Å²) >= 11 is 0. The van der Waals surface area contributed by atoms with Crippen LogP contribution >= 0.6 is 0 Å². The summed E-state index contributed by atoms with van der Waals surface area (Å²) in [5, 5.41) is 7.86. The molecule has 0 saturated heterocycles. The summed E-state index contributed by atoms with van der Waals surface area (Å²) in [6.45, 7) is 7.36. The maximum atomic E-state index is 4.72. The molecule has 0 aliphatic rings. The predicted molar refractivity (Wildman–Crippen MR) is 86.4 cm³/mol. The van der Waals surface area contributed by atoms with Crippen LogP contribution in [0.4, 0.5) is 5.82 Å². The molecule has 0 aromatic carbocycles. The first-order chi connectivity index (χ1) is 10.2. The molecule has 0 amide bonds. The Labute approximate surface area is 126 Å². The summed E-state index contributed by atoms with van der Waals surface area (Å²) in [5.74, 6) is 1.70. The van der Waals surface area contributed by atoms with Crippen molar-refractivity contribution < 1.29 is 0 Å². The van der Waals surface area contributed by atoms with Gasteiger partial charge in [-0.1, -0.05) is 27.2 Å². The monoisotopic (exact) mass is 287 g/mol. The summed E-state index contributed by atoms with van der Waals surface area (Å²) in [7, 11) is 1.94. The Morgan fingerprint density at radius 2 is 1.95 bits per heavy atom. The molecule has 2 heterocycles. The number of hydrogen-bond donors (Lipinski definition) is 1. The van der Waals surface area contributed by atoms with Crippen LogP contribution in [0.2, 0.25) is 0 Å². The Balaban J connectivity index is 2.42. The zero-order valence-electron chi connectivity index (χ0n) is 13.5. The van der Waals surface area contributed by atoms with Gasteiger partial charge in [-0.15, -0.1) is 0 Å². The number of aryl methyl sites for hydroxylation is 3. The maximum absolute atomic E-state index is 4.72. The van der Waals surface area contributed by atoms with E-state index in [1.807, 2.05) is 17.9 Å². The van der Waals surface area contributed by atoms with E-state index in [-0.39, 0.29) is 0 Å². The molecule has 0 aliphatic carbocycles. The van der Waals surface area contributed by atoms with Gasteiger partial charge in [-0.05, 0) is 19.3 Å². The van der Waals surface area contributed by atoms with Gasteiger partial charge in [0.15, 0.2) is 5.82 Å². The zero-order chi connectivity index (χ0) is 15.2. The summed E-state index contributed by atoms with van der Waals surface area (Å²) in [6, 6.07) is 2.06. The van der Waals surface area contributed by atoms with Gasteiger partial charge in [0.2, 0.25) is 0 Å². The minimum Gasteiger partial charge on any atom is -0.370 e. The summed E-state index contributed by atoms with van der Waals surface area (Å²) in [6.07, 6.45) is 6.02. The third-order valence-electron chi connectivity index (χ3n) is 3.32. The molecule has 5 nitrogen and oxygen atoms in total. The van der Waals surface area contributed by atoms with Gasteiger partial charge in [0.1, 0.15) is 5.82 Å². The standard InChI is InChI=1S/C16H25N5/c1-5-8-12-10-15(17-9-6-2)19-16(18-12)13-11-21(4)20-14(13)7-3/h10-11H,5-9H2,1-4H3,(H,17,18,19). The number of nitrogens with one attached hydrogen (secondary N) is 1. The first-order valence-electron chi connectivity index (χ1n) is 7.82. The Morgan fingerprint density at radius 1 is 1.14 bits per heavy atom. The second-order valence-corrected chi connectivity index (χ2v) is 5.26. The van der Waals surface area contributed by atoms with Crippen LogP contribution in [0.15, 0.2) is 12.3 Å². The van der Waals surface area contributed by atoms with Crippen molar-refractivity contribution in [1.29, 1.82) is 0 Å². The molecular weight excluding hydrogens is 262 g/mol. The maximum Gasteiger partial charge on any atom is 0.165 e. The van der Waals surface area contributed by atoms with Crippen molar-refractivity contribution in [1.82, 2.24) is 19.7 Å². The number of nitrogens with zero attached hydrogens (tertiary/aromatic N) is 4. The number of aromatic nitrogens is 4. The van der Waals surface area contributed by atoms with E-state index in [2.05, 4.69) is 42.2 Å². The first-order valence-corrected chi connectivity index (χ1v) is 7.82. The van der Waals surface area contributed by atoms with Crippen LogP contribution in [0.25, 0.3) is 11.4 Å². The molecule has 21 heavy (non-hydrogen) atoms. The minimum atomic E-state index is 0.782. The molecule has 114 valence electrons. The van der Waals surface area contributed by atoms with Gasteiger partial charge in [0, 0.05) is 31.5 Å². The highest BCUT2D eigenvalue weighted by Gasteiger charge is 2.13. The third-order valence-corrected chi connectivity index (χ3v) is 3.32. The minimum absolute atomic E-state index is 0.782. The Kier molecular flexibility index (Phi) is 5.31. The van der Waals surface area contributed by atoms with Crippen LogP contribution in [-0.2, 0) is 19.9 Å². The van der Waals surface area contributed by atoms with E-state index in [0.29, 0.717) is 0 Å². The Morgan fingerprint density at radius 3 is 2.62 bits per heavy atom. The largest absolute Gasteiger partial charge is 0.370 e. The van der Waals surface area contributed by atoms with Crippen molar-refractivity contribution in [2.75, 3.05) is 11.9 Å². The van der Waals surface area contributed by atoms with Crippen molar-refractivity contribution >= 4 is 5.82 Å². The van der Waals surface area contributed by atoms with E-state index < -0.39 is 0 Å². The van der Waals surface area contributed by atoms with E-state index >= 15 is 0 Å². The first kappa shape index (κ1) is 15.5. The zero-order valence-corrected chi connectivity index (χ0v) is 13.5. The molecule has 0 unspecified atom stereocenters. The van der Waals surface area contributed by atoms with Crippen LogP contribution in [-0.4, -0.2) is 26.3 Å². The molecule has 2 aromatic rings. The molecule has 0 fully saturated rings. The molecule has 0 bridgehead atoms. The van der Waals surface area contributed by atoms with Gasteiger partial charge in [-0.25, -0.2) is 9.97 Å². The van der Waals surface area contributed by atoms with E-state index in [9.17, 15) is 0 Å². The SMILES string of the molecule is CCCNc1cc(CCC)nc(-c2cn(C)nc2CC)n1. The quantitative estimate of drug-likeness (QED) is 0.849. The van der Waals surface area contributed by atoms with Gasteiger partial charge in [-0.2, -0.15) is 5.10 Å². The van der Waals surface area contributed by atoms with Gasteiger partial charge >= 0.3 is 0 Å². The highest BCUT2D eigenvalue weighted by Crippen LogP contribution is 2.22. The molecule has 2 aromatic heterocycles. The average molecular weight is 287 g/mol. The lowest BCUT2D eigenvalue weighted by Crippen LogP contribution is -2.06. The second kappa shape index (κ2) is 7.20.